The average molecular weight is 361 g/mol. The van der Waals surface area contributed by atoms with Gasteiger partial charge in [-0.15, -0.1) is 0 Å². The summed E-state index contributed by atoms with van der Waals surface area (Å²) >= 11 is 0. The van der Waals surface area contributed by atoms with E-state index in [0.29, 0.717) is 9.87 Å². The van der Waals surface area contributed by atoms with Gasteiger partial charge in [-0.1, -0.05) is 30.3 Å². The Labute approximate surface area is 144 Å². The van der Waals surface area contributed by atoms with Crippen molar-refractivity contribution in [1.29, 1.82) is 0 Å². The first kappa shape index (κ1) is 17.1. The normalized spacial score (nSPS) is 16.4. The molecule has 0 aromatic heterocycles. The molecule has 0 spiro atoms. The van der Waals surface area contributed by atoms with Crippen molar-refractivity contribution in [3.05, 3.63) is 65.2 Å². The van der Waals surface area contributed by atoms with E-state index in [9.17, 15) is 23.1 Å². The lowest BCUT2D eigenvalue weighted by Crippen LogP contribution is -2.34. The third-order valence-electron chi connectivity index (χ3n) is 3.95. The Morgan fingerprint density at radius 2 is 1.88 bits per heavy atom. The molecule has 1 atom stereocenters. The second-order valence-corrected chi connectivity index (χ2v) is 7.30. The number of rotatable bonds is 4. The SMILES string of the molecule is COC(=O)c1ccc2c(c1)S(=O)(=O)N(C[C@H](O)c1ccccc1)C2=O. The van der Waals surface area contributed by atoms with E-state index in [4.69, 9.17) is 0 Å². The predicted molar refractivity (Wildman–Crippen MR) is 87.4 cm³/mol. The summed E-state index contributed by atoms with van der Waals surface area (Å²) in [5.41, 5.74) is 0.493. The predicted octanol–water partition coefficient (Wildman–Crippen LogP) is 1.35. The molecule has 2 aromatic carbocycles. The largest absolute Gasteiger partial charge is 0.465 e. The Balaban J connectivity index is 1.95. The molecule has 1 amide bonds. The number of methoxy groups -OCH3 is 1. The van der Waals surface area contributed by atoms with Crippen LogP contribution in [0.5, 0.6) is 0 Å². The molecular formula is C17H15NO6S. The highest BCUT2D eigenvalue weighted by molar-refractivity contribution is 7.90. The monoisotopic (exact) mass is 361 g/mol. The van der Waals surface area contributed by atoms with Gasteiger partial charge in [-0.25, -0.2) is 17.5 Å². The maximum atomic E-state index is 12.7. The summed E-state index contributed by atoms with van der Waals surface area (Å²) in [4.78, 5) is 23.8. The molecule has 25 heavy (non-hydrogen) atoms. The van der Waals surface area contributed by atoms with Crippen LogP contribution in [0.25, 0.3) is 0 Å². The number of nitrogens with zero attached hydrogens (tertiary/aromatic N) is 1. The lowest BCUT2D eigenvalue weighted by Gasteiger charge is -2.19. The molecule has 0 fully saturated rings. The molecule has 7 nitrogen and oxygen atoms in total. The van der Waals surface area contributed by atoms with Crippen LogP contribution in [0, 0.1) is 0 Å². The topological polar surface area (TPSA) is 101 Å². The van der Waals surface area contributed by atoms with Gasteiger partial charge in [-0.3, -0.25) is 4.79 Å². The number of benzene rings is 2. The fourth-order valence-corrected chi connectivity index (χ4v) is 4.24. The van der Waals surface area contributed by atoms with Crippen molar-refractivity contribution in [2.75, 3.05) is 13.7 Å². The molecule has 8 heteroatoms. The number of aliphatic hydroxyl groups excluding tert-OH is 1. The maximum Gasteiger partial charge on any atom is 0.337 e. The summed E-state index contributed by atoms with van der Waals surface area (Å²) in [6, 6.07) is 12.2. The molecule has 0 unspecified atom stereocenters. The van der Waals surface area contributed by atoms with Gasteiger partial charge >= 0.3 is 5.97 Å². The Kier molecular flexibility index (Phi) is 4.32. The second-order valence-electron chi connectivity index (χ2n) is 5.47. The van der Waals surface area contributed by atoms with Crippen LogP contribution in [0.4, 0.5) is 0 Å². The Morgan fingerprint density at radius 1 is 1.20 bits per heavy atom. The van der Waals surface area contributed by atoms with Crippen molar-refractivity contribution in [2.45, 2.75) is 11.0 Å². The first-order valence-corrected chi connectivity index (χ1v) is 8.82. The van der Waals surface area contributed by atoms with Gasteiger partial charge in [0.25, 0.3) is 15.9 Å². The van der Waals surface area contributed by atoms with Crippen LogP contribution in [0.15, 0.2) is 53.4 Å². The van der Waals surface area contributed by atoms with Crippen LogP contribution >= 0.6 is 0 Å². The van der Waals surface area contributed by atoms with Gasteiger partial charge < -0.3 is 9.84 Å². The number of ether oxygens (including phenoxy) is 1. The molecule has 0 saturated carbocycles. The fourth-order valence-electron chi connectivity index (χ4n) is 2.64. The summed E-state index contributed by atoms with van der Waals surface area (Å²) in [5, 5.41) is 10.3. The van der Waals surface area contributed by atoms with Crippen molar-refractivity contribution < 1.29 is 27.9 Å². The van der Waals surface area contributed by atoms with Gasteiger partial charge in [0.2, 0.25) is 0 Å². The molecule has 0 bridgehead atoms. The van der Waals surface area contributed by atoms with Crippen LogP contribution < -0.4 is 0 Å². The summed E-state index contributed by atoms with van der Waals surface area (Å²) in [6.45, 7) is -0.409. The van der Waals surface area contributed by atoms with E-state index in [2.05, 4.69) is 4.74 Å². The molecule has 1 N–H and O–H groups in total. The first-order chi connectivity index (χ1) is 11.9. The van der Waals surface area contributed by atoms with Crippen LogP contribution in [0.1, 0.15) is 32.4 Å². The third-order valence-corrected chi connectivity index (χ3v) is 5.74. The third kappa shape index (κ3) is 2.90. The van der Waals surface area contributed by atoms with E-state index >= 15 is 0 Å². The number of carbonyl (C=O) groups is 2. The summed E-state index contributed by atoms with van der Waals surface area (Å²) in [5.74, 6) is -1.44. The highest BCUT2D eigenvalue weighted by atomic mass is 32.2. The van der Waals surface area contributed by atoms with Crippen LogP contribution in [-0.4, -0.2) is 43.4 Å². The number of hydrogen-bond donors (Lipinski definition) is 1. The molecule has 1 aliphatic rings. The minimum absolute atomic E-state index is 0.0306. The molecule has 0 saturated heterocycles. The van der Waals surface area contributed by atoms with Gasteiger partial charge in [0.1, 0.15) is 4.90 Å². The van der Waals surface area contributed by atoms with Gasteiger partial charge in [-0.05, 0) is 23.8 Å². The minimum atomic E-state index is -4.15. The number of β-amino-alcohol motifs (C(OH)–C–C–N with tert-alkyl or cyclic N) is 1. The number of sulfonamides is 1. The summed E-state index contributed by atoms with van der Waals surface area (Å²) in [7, 11) is -2.97. The Hall–Kier alpha value is -2.71. The van der Waals surface area contributed by atoms with Gasteiger partial charge in [0.05, 0.1) is 30.9 Å². The zero-order chi connectivity index (χ0) is 18.2. The van der Waals surface area contributed by atoms with Crippen LogP contribution in [0.2, 0.25) is 0 Å². The smallest absolute Gasteiger partial charge is 0.337 e. The lowest BCUT2D eigenvalue weighted by molar-refractivity contribution is 0.0600. The summed E-state index contributed by atoms with van der Waals surface area (Å²) in [6.07, 6.45) is -1.16. The quantitative estimate of drug-likeness (QED) is 0.825. The highest BCUT2D eigenvalue weighted by Gasteiger charge is 2.42. The van der Waals surface area contributed by atoms with Crippen molar-refractivity contribution in [1.82, 2.24) is 4.31 Å². The van der Waals surface area contributed by atoms with Crippen LogP contribution in [0.3, 0.4) is 0 Å². The van der Waals surface area contributed by atoms with E-state index < -0.39 is 34.5 Å². The van der Waals surface area contributed by atoms with E-state index in [1.54, 1.807) is 30.3 Å². The van der Waals surface area contributed by atoms with E-state index in [1.165, 1.54) is 19.2 Å². The van der Waals surface area contributed by atoms with Crippen LogP contribution in [-0.2, 0) is 14.8 Å². The van der Waals surface area contributed by atoms with Crippen molar-refractivity contribution in [3.8, 4) is 0 Å². The molecule has 0 aliphatic carbocycles. The molecule has 1 heterocycles. The van der Waals surface area contributed by atoms with E-state index in [1.807, 2.05) is 0 Å². The highest BCUT2D eigenvalue weighted by Crippen LogP contribution is 2.32. The van der Waals surface area contributed by atoms with Crippen molar-refractivity contribution >= 4 is 21.9 Å². The Bertz CT molecular complexity index is 939. The van der Waals surface area contributed by atoms with Gasteiger partial charge in [0, 0.05) is 0 Å². The molecule has 130 valence electrons. The van der Waals surface area contributed by atoms with E-state index in [0.717, 1.165) is 6.07 Å². The number of amides is 1. The fraction of sp³-hybridized carbons (Fsp3) is 0.176. The van der Waals surface area contributed by atoms with Crippen molar-refractivity contribution in [3.63, 3.8) is 0 Å². The first-order valence-electron chi connectivity index (χ1n) is 7.38. The number of fused-ring (bicyclic) bond motifs is 1. The molecule has 0 radical (unpaired) electrons. The van der Waals surface area contributed by atoms with E-state index in [-0.39, 0.29) is 16.0 Å². The lowest BCUT2D eigenvalue weighted by atomic mass is 10.1. The minimum Gasteiger partial charge on any atom is -0.465 e. The number of aliphatic hydroxyl groups is 1. The molecular weight excluding hydrogens is 346 g/mol. The zero-order valence-corrected chi connectivity index (χ0v) is 14.1. The second kappa shape index (κ2) is 6.30. The maximum absolute atomic E-state index is 12.7. The standard InChI is InChI=1S/C17H15NO6S/c1-24-17(21)12-7-8-13-15(9-12)25(22,23)18(16(13)20)10-14(19)11-5-3-2-4-6-11/h2-9,14,19H,10H2,1H3/t14-/m0/s1. The molecule has 1 aliphatic heterocycles. The molecule has 3 rings (SSSR count). The number of hydrogen-bond acceptors (Lipinski definition) is 6. The molecule has 2 aromatic rings. The van der Waals surface area contributed by atoms with Gasteiger partial charge in [-0.2, -0.15) is 0 Å². The average Bonchev–Trinajstić information content (AvgIpc) is 2.82. The summed E-state index contributed by atoms with van der Waals surface area (Å²) < 4.78 is 30.5. The Morgan fingerprint density at radius 3 is 2.52 bits per heavy atom. The number of carbonyl (C=O) groups excluding carboxylic acids is 2. The number of esters is 1. The van der Waals surface area contributed by atoms with Gasteiger partial charge in [0.15, 0.2) is 0 Å². The zero-order valence-electron chi connectivity index (χ0n) is 13.2. The van der Waals surface area contributed by atoms with Crippen molar-refractivity contribution in [2.24, 2.45) is 0 Å².